The van der Waals surface area contributed by atoms with Crippen LogP contribution in [0.15, 0.2) is 23.0 Å². The van der Waals surface area contributed by atoms with Crippen molar-refractivity contribution in [3.8, 4) is 0 Å². The molecule has 22 heavy (non-hydrogen) atoms. The van der Waals surface area contributed by atoms with Crippen LogP contribution >= 0.6 is 0 Å². The quantitative estimate of drug-likeness (QED) is 0.755. The van der Waals surface area contributed by atoms with E-state index in [4.69, 9.17) is 0 Å². The second-order valence-electron chi connectivity index (χ2n) is 6.11. The number of nitrogens with one attached hydrogen (secondary N) is 3. The molecule has 3 N–H and O–H groups in total. The molecule has 1 heterocycles. The molecule has 1 unspecified atom stereocenters. The number of hydrogen-bond acceptors (Lipinski definition) is 3. The Morgan fingerprint density at radius 1 is 1.23 bits per heavy atom. The summed E-state index contributed by atoms with van der Waals surface area (Å²) in [6.45, 7) is 7.33. The molecule has 2 rings (SSSR count). The maximum absolute atomic E-state index is 12.1. The number of carbonyl (C=O) groups is 1. The van der Waals surface area contributed by atoms with Crippen LogP contribution in [0.1, 0.15) is 26.3 Å². The summed E-state index contributed by atoms with van der Waals surface area (Å²) in [6.07, 6.45) is 0. The van der Waals surface area contributed by atoms with E-state index in [0.717, 1.165) is 23.1 Å². The van der Waals surface area contributed by atoms with Gasteiger partial charge in [-0.25, -0.2) is 4.79 Å². The van der Waals surface area contributed by atoms with Gasteiger partial charge in [0, 0.05) is 25.0 Å². The standard InChI is InChI=1S/C16H24N4O2/c1-10(2)20(4)9-11(3)15(21)17-8-12-5-6-13-14(7-12)19-16(22)18-13/h5-7,10-11H,8-9H2,1-4H3,(H,17,21)(H2,18,19,22). The third kappa shape index (κ3) is 3.98. The lowest BCUT2D eigenvalue weighted by molar-refractivity contribution is -0.125. The molecule has 1 aromatic heterocycles. The van der Waals surface area contributed by atoms with E-state index in [1.165, 1.54) is 0 Å². The molecule has 1 atom stereocenters. The minimum absolute atomic E-state index is 0.0372. The summed E-state index contributed by atoms with van der Waals surface area (Å²) in [5, 5.41) is 2.95. The van der Waals surface area contributed by atoms with Crippen molar-refractivity contribution in [2.24, 2.45) is 5.92 Å². The van der Waals surface area contributed by atoms with Crippen molar-refractivity contribution in [2.75, 3.05) is 13.6 Å². The fourth-order valence-electron chi connectivity index (χ4n) is 2.28. The second kappa shape index (κ2) is 6.79. The summed E-state index contributed by atoms with van der Waals surface area (Å²) in [4.78, 5) is 30.9. The predicted molar refractivity (Wildman–Crippen MR) is 87.7 cm³/mol. The molecule has 0 aliphatic heterocycles. The van der Waals surface area contributed by atoms with E-state index in [1.54, 1.807) is 0 Å². The Hall–Kier alpha value is -2.08. The summed E-state index contributed by atoms with van der Waals surface area (Å²) in [6, 6.07) is 6.03. The summed E-state index contributed by atoms with van der Waals surface area (Å²) in [5.41, 5.74) is 2.26. The van der Waals surface area contributed by atoms with Gasteiger partial charge in [-0.05, 0) is 38.6 Å². The summed E-state index contributed by atoms with van der Waals surface area (Å²) in [7, 11) is 2.02. The lowest BCUT2D eigenvalue weighted by atomic mass is 10.1. The third-order valence-electron chi connectivity index (χ3n) is 3.94. The second-order valence-corrected chi connectivity index (χ2v) is 6.11. The highest BCUT2D eigenvalue weighted by molar-refractivity contribution is 5.79. The highest BCUT2D eigenvalue weighted by Crippen LogP contribution is 2.10. The zero-order chi connectivity index (χ0) is 16.3. The molecule has 0 bridgehead atoms. The van der Waals surface area contributed by atoms with Gasteiger partial charge in [0.15, 0.2) is 0 Å². The van der Waals surface area contributed by atoms with Crippen molar-refractivity contribution in [3.05, 3.63) is 34.2 Å². The number of nitrogens with zero attached hydrogens (tertiary/aromatic N) is 1. The molecule has 0 saturated carbocycles. The van der Waals surface area contributed by atoms with Crippen LogP contribution in [0.25, 0.3) is 11.0 Å². The van der Waals surface area contributed by atoms with Gasteiger partial charge in [-0.2, -0.15) is 0 Å². The normalized spacial score (nSPS) is 13.0. The SMILES string of the molecule is CC(CN(C)C(C)C)C(=O)NCc1ccc2[nH]c(=O)[nH]c2c1. The Bertz CT molecular complexity index is 701. The van der Waals surface area contributed by atoms with E-state index in [2.05, 4.69) is 34.0 Å². The molecule has 6 nitrogen and oxygen atoms in total. The van der Waals surface area contributed by atoms with Crippen LogP contribution in [0.4, 0.5) is 0 Å². The van der Waals surface area contributed by atoms with Crippen LogP contribution in [0.3, 0.4) is 0 Å². The number of benzene rings is 1. The zero-order valence-electron chi connectivity index (χ0n) is 13.6. The fourth-order valence-corrected chi connectivity index (χ4v) is 2.28. The van der Waals surface area contributed by atoms with Crippen LogP contribution in [-0.4, -0.2) is 40.4 Å². The molecule has 1 aromatic carbocycles. The first kappa shape index (κ1) is 16.3. The maximum atomic E-state index is 12.1. The number of amides is 1. The van der Waals surface area contributed by atoms with E-state index in [0.29, 0.717) is 12.6 Å². The monoisotopic (exact) mass is 304 g/mol. The van der Waals surface area contributed by atoms with Gasteiger partial charge in [0.2, 0.25) is 5.91 Å². The third-order valence-corrected chi connectivity index (χ3v) is 3.94. The smallest absolute Gasteiger partial charge is 0.323 e. The molecule has 0 radical (unpaired) electrons. The summed E-state index contributed by atoms with van der Waals surface area (Å²) < 4.78 is 0. The first-order chi connectivity index (χ1) is 10.4. The highest BCUT2D eigenvalue weighted by Gasteiger charge is 2.16. The van der Waals surface area contributed by atoms with Gasteiger partial charge >= 0.3 is 5.69 Å². The Morgan fingerprint density at radius 3 is 2.59 bits per heavy atom. The van der Waals surface area contributed by atoms with Crippen molar-refractivity contribution >= 4 is 16.9 Å². The number of aromatic nitrogens is 2. The zero-order valence-corrected chi connectivity index (χ0v) is 13.6. The molecule has 0 spiro atoms. The molecular formula is C16H24N4O2. The predicted octanol–water partition coefficient (Wildman–Crippen LogP) is 1.45. The van der Waals surface area contributed by atoms with Gasteiger partial charge < -0.3 is 20.2 Å². The van der Waals surface area contributed by atoms with Crippen LogP contribution < -0.4 is 11.0 Å². The minimum Gasteiger partial charge on any atom is -0.352 e. The molecule has 0 aliphatic carbocycles. The van der Waals surface area contributed by atoms with Crippen molar-refractivity contribution in [2.45, 2.75) is 33.4 Å². The van der Waals surface area contributed by atoms with E-state index < -0.39 is 0 Å². The lowest BCUT2D eigenvalue weighted by Crippen LogP contribution is -2.38. The average molecular weight is 304 g/mol. The van der Waals surface area contributed by atoms with Gasteiger partial charge in [-0.1, -0.05) is 13.0 Å². The maximum Gasteiger partial charge on any atom is 0.323 e. The molecule has 2 aromatic rings. The van der Waals surface area contributed by atoms with Crippen LogP contribution in [0.5, 0.6) is 0 Å². The van der Waals surface area contributed by atoms with Crippen LogP contribution in [0.2, 0.25) is 0 Å². The Balaban J connectivity index is 1.93. The first-order valence-corrected chi connectivity index (χ1v) is 7.55. The molecule has 1 amide bonds. The van der Waals surface area contributed by atoms with Crippen molar-refractivity contribution < 1.29 is 4.79 Å². The number of H-pyrrole nitrogens is 2. The van der Waals surface area contributed by atoms with Gasteiger partial charge in [0.25, 0.3) is 0 Å². The van der Waals surface area contributed by atoms with Crippen LogP contribution in [0, 0.1) is 5.92 Å². The number of aromatic amines is 2. The number of rotatable bonds is 6. The fraction of sp³-hybridized carbons (Fsp3) is 0.500. The summed E-state index contributed by atoms with van der Waals surface area (Å²) in [5.74, 6) is -0.0293. The summed E-state index contributed by atoms with van der Waals surface area (Å²) >= 11 is 0. The Labute approximate surface area is 129 Å². The minimum atomic E-state index is -0.221. The van der Waals surface area contributed by atoms with Crippen LogP contribution in [-0.2, 0) is 11.3 Å². The number of carbonyl (C=O) groups excluding carboxylic acids is 1. The molecule has 120 valence electrons. The first-order valence-electron chi connectivity index (χ1n) is 7.55. The van der Waals surface area contributed by atoms with Crippen molar-refractivity contribution in [3.63, 3.8) is 0 Å². The van der Waals surface area contributed by atoms with Gasteiger partial charge in [0.05, 0.1) is 11.0 Å². The van der Waals surface area contributed by atoms with Gasteiger partial charge in [-0.3, -0.25) is 4.79 Å². The largest absolute Gasteiger partial charge is 0.352 e. The Kier molecular flexibility index (Phi) is 5.03. The number of imidazole rings is 1. The van der Waals surface area contributed by atoms with Gasteiger partial charge in [0.1, 0.15) is 0 Å². The highest BCUT2D eigenvalue weighted by atomic mass is 16.2. The molecular weight excluding hydrogens is 280 g/mol. The number of fused-ring (bicyclic) bond motifs is 1. The van der Waals surface area contributed by atoms with E-state index >= 15 is 0 Å². The Morgan fingerprint density at radius 2 is 1.91 bits per heavy atom. The molecule has 0 saturated heterocycles. The van der Waals surface area contributed by atoms with Gasteiger partial charge in [-0.15, -0.1) is 0 Å². The molecule has 6 heteroatoms. The van der Waals surface area contributed by atoms with Crippen molar-refractivity contribution in [1.82, 2.24) is 20.2 Å². The van der Waals surface area contributed by atoms with E-state index in [-0.39, 0.29) is 17.5 Å². The average Bonchev–Trinajstić information content (AvgIpc) is 2.83. The topological polar surface area (TPSA) is 81.0 Å². The molecule has 0 aliphatic rings. The molecule has 0 fully saturated rings. The van der Waals surface area contributed by atoms with Crippen molar-refractivity contribution in [1.29, 1.82) is 0 Å². The lowest BCUT2D eigenvalue weighted by Gasteiger charge is -2.24. The van der Waals surface area contributed by atoms with E-state index in [1.807, 2.05) is 32.2 Å². The number of hydrogen-bond donors (Lipinski definition) is 3. The van der Waals surface area contributed by atoms with E-state index in [9.17, 15) is 9.59 Å².